The molecular weight excluding hydrogens is 1120 g/mol. The molecule has 2 aliphatic heterocycles. The average Bonchev–Trinajstić information content (AvgIpc) is 0.929. The molecule has 0 N–H and O–H groups in total. The maximum Gasteiger partial charge on any atom is 0.339 e. The zero-order valence-corrected chi connectivity index (χ0v) is 52.7. The van der Waals surface area contributed by atoms with E-state index in [1.54, 1.807) is 91.8 Å². The first-order valence-electron chi connectivity index (χ1n) is 29.4. The van der Waals surface area contributed by atoms with Crippen molar-refractivity contribution in [3.05, 3.63) is 148 Å². The van der Waals surface area contributed by atoms with Crippen LogP contribution in [-0.2, 0) is 66.5 Å². The van der Waals surface area contributed by atoms with E-state index in [4.69, 9.17) is 57.6 Å². The van der Waals surface area contributed by atoms with E-state index in [0.29, 0.717) is 63.9 Å². The number of unbranched alkanes of at least 4 members (excludes halogenated alkanes) is 5. The van der Waals surface area contributed by atoms with Gasteiger partial charge in [0.25, 0.3) is 0 Å². The number of esters is 7. The van der Waals surface area contributed by atoms with Crippen molar-refractivity contribution in [1.82, 2.24) is 0 Å². The van der Waals surface area contributed by atoms with Gasteiger partial charge in [0.2, 0.25) is 0 Å². The molecule has 2 aliphatic rings. The van der Waals surface area contributed by atoms with Crippen LogP contribution in [0, 0.1) is 83.1 Å². The Bertz CT molecular complexity index is 3150. The molecule has 4 aromatic carbocycles. The molecule has 2 fully saturated rings. The molecule has 0 aliphatic carbocycles. The molecule has 0 unspecified atom stereocenters. The van der Waals surface area contributed by atoms with Gasteiger partial charge in [-0.2, -0.15) is 0 Å². The third kappa shape index (κ3) is 18.2. The normalized spacial score (nSPS) is 21.6. The largest absolute Gasteiger partial charge is 0.463 e. The molecule has 470 valence electrons. The summed E-state index contributed by atoms with van der Waals surface area (Å²) in [6.45, 7) is 23.9. The first-order chi connectivity index (χ1) is 41.2. The van der Waals surface area contributed by atoms with E-state index in [2.05, 4.69) is 10.0 Å². The van der Waals surface area contributed by atoms with Gasteiger partial charge < -0.3 is 52.1 Å². The van der Waals surface area contributed by atoms with Crippen LogP contribution in [0.15, 0.2) is 53.6 Å². The summed E-state index contributed by atoms with van der Waals surface area (Å²) < 4.78 is 70.1. The quantitative estimate of drug-likeness (QED) is 0.0149. The summed E-state index contributed by atoms with van der Waals surface area (Å²) in [6, 6.07) is 14.4. The Balaban J connectivity index is 1.58. The second kappa shape index (κ2) is 31.3. The topological polar surface area (TPSA) is 270 Å². The lowest BCUT2D eigenvalue weighted by Gasteiger charge is -2.49. The molecule has 2 saturated heterocycles. The second-order valence-electron chi connectivity index (χ2n) is 22.9. The fourth-order valence-electron chi connectivity index (χ4n) is 11.9. The average molecular weight is 1210 g/mol. The lowest BCUT2D eigenvalue weighted by Crippen LogP contribution is -2.67. The molecule has 0 saturated carbocycles. The highest BCUT2D eigenvalue weighted by Gasteiger charge is 2.58. The zero-order valence-electron chi connectivity index (χ0n) is 52.7. The van der Waals surface area contributed by atoms with Crippen molar-refractivity contribution in [2.75, 3.05) is 26.4 Å². The van der Waals surface area contributed by atoms with Gasteiger partial charge in [0, 0.05) is 38.8 Å². The van der Waals surface area contributed by atoms with Crippen LogP contribution in [0.5, 0.6) is 0 Å². The molecule has 2 heterocycles. The van der Waals surface area contributed by atoms with E-state index in [9.17, 15) is 19.2 Å². The first-order valence-corrected chi connectivity index (χ1v) is 29.4. The van der Waals surface area contributed by atoms with E-state index in [0.717, 1.165) is 68.7 Å². The van der Waals surface area contributed by atoms with Gasteiger partial charge >= 0.3 is 41.8 Å². The first kappa shape index (κ1) is 68.4. The minimum absolute atomic E-state index is 0.0397. The summed E-state index contributed by atoms with van der Waals surface area (Å²) in [5, 5.41) is 3.59. The van der Waals surface area contributed by atoms with Gasteiger partial charge in [-0.25, -0.2) is 19.2 Å². The Labute approximate surface area is 508 Å². The number of ether oxygens (including phenoxy) is 11. The van der Waals surface area contributed by atoms with Crippen LogP contribution in [0.25, 0.3) is 10.4 Å². The smallest absolute Gasteiger partial charge is 0.339 e. The Morgan fingerprint density at radius 3 is 1.18 bits per heavy atom. The van der Waals surface area contributed by atoms with Crippen molar-refractivity contribution < 1.29 is 85.7 Å². The summed E-state index contributed by atoms with van der Waals surface area (Å²) in [5.74, 6) is -6.03. The van der Waals surface area contributed by atoms with Crippen LogP contribution in [0.1, 0.15) is 167 Å². The Morgan fingerprint density at radius 2 is 0.759 bits per heavy atom. The van der Waals surface area contributed by atoms with Crippen LogP contribution in [0.4, 0.5) is 0 Å². The highest BCUT2D eigenvalue weighted by Crippen LogP contribution is 2.38. The van der Waals surface area contributed by atoms with Crippen molar-refractivity contribution in [3.63, 3.8) is 0 Å². The minimum atomic E-state index is -2.02. The van der Waals surface area contributed by atoms with Gasteiger partial charge in [-0.15, -0.1) is 0 Å². The summed E-state index contributed by atoms with van der Waals surface area (Å²) in [6.07, 6.45) is -12.8. The van der Waals surface area contributed by atoms with Crippen molar-refractivity contribution in [2.45, 2.75) is 204 Å². The van der Waals surface area contributed by atoms with E-state index < -0.39 is 116 Å². The maximum absolute atomic E-state index is 15.2. The molecule has 0 amide bonds. The predicted octanol–water partition coefficient (Wildman–Crippen LogP) is 11.2. The summed E-state index contributed by atoms with van der Waals surface area (Å²) in [4.78, 5) is 102. The van der Waals surface area contributed by atoms with E-state index >= 15 is 14.4 Å². The fraction of sp³-hybridized carbons (Fsp3) is 0.530. The number of aryl methyl sites for hydroxylation is 12. The summed E-state index contributed by atoms with van der Waals surface area (Å²) in [7, 11) is 0. The molecular formula is C66H83N3O18. The number of carbonyl (C=O) groups is 7. The van der Waals surface area contributed by atoms with E-state index in [1.165, 1.54) is 0 Å². The predicted molar refractivity (Wildman–Crippen MR) is 318 cm³/mol. The highest BCUT2D eigenvalue weighted by atomic mass is 16.8. The van der Waals surface area contributed by atoms with Crippen LogP contribution >= 0.6 is 0 Å². The van der Waals surface area contributed by atoms with Gasteiger partial charge in [-0.3, -0.25) is 14.4 Å². The van der Waals surface area contributed by atoms with Gasteiger partial charge in [-0.05, 0) is 146 Å². The SMILES string of the molecule is CC(=O)OC[C@H]1O[C@@H](OCCCCCCCCN=[N+]=[N-])[C@H](OC(C)=O)[C@@H](O[C@@H]2O[C@H](COC(=O)c3c(C)cc(C)cc3C)[C@H](OC(=O)c3c(C)cc(C)cc3C)[C@H](OC(=O)c3c(C)cc(C)cc3C)[C@H]2OC(=O)c2c(C)cc(C)cc2C)[C@H]1OC(C)=O. The van der Waals surface area contributed by atoms with Crippen molar-refractivity contribution >= 4 is 41.8 Å². The van der Waals surface area contributed by atoms with Crippen LogP contribution in [0.2, 0.25) is 0 Å². The molecule has 0 aromatic heterocycles. The summed E-state index contributed by atoms with van der Waals surface area (Å²) >= 11 is 0. The van der Waals surface area contributed by atoms with Crippen LogP contribution in [-0.4, -0.2) is 130 Å². The third-order valence-electron chi connectivity index (χ3n) is 15.2. The number of benzene rings is 4. The van der Waals surface area contributed by atoms with Gasteiger partial charge in [0.1, 0.15) is 31.5 Å². The molecule has 10 atom stereocenters. The molecule has 4 aromatic rings. The standard InChI is InChI=1S/C66H83N3O18/c1-34-24-38(5)51(39(6)25-34)61(73)79-33-50-56(84-62(74)52-40(7)26-35(2)27-41(52)8)57(85-63(75)53-42(9)28-36(3)29-43(53)10)60(86-64(76)54-44(11)30-37(4)31-45(54)12)66(83-50)87-58-55(80-47(14)71)49(32-78-46(13)70)82-65(59(58)81-48(15)72)77-23-21-19-17-16-18-20-22-68-69-67/h24-31,49-50,55-60,65-66H,16-23,32-33H2,1-15H3/t49-,50-,55+,56+,57+,58+,59-,60-,65-,66+/m1/s1. The van der Waals surface area contributed by atoms with Gasteiger partial charge in [0.05, 0.1) is 22.3 Å². The molecule has 21 nitrogen and oxygen atoms in total. The van der Waals surface area contributed by atoms with Crippen molar-refractivity contribution in [3.8, 4) is 0 Å². The van der Waals surface area contributed by atoms with E-state index in [1.807, 2.05) is 39.8 Å². The fourth-order valence-corrected chi connectivity index (χ4v) is 11.9. The van der Waals surface area contributed by atoms with Gasteiger partial charge in [0.15, 0.2) is 43.1 Å². The van der Waals surface area contributed by atoms with Crippen LogP contribution < -0.4 is 0 Å². The zero-order chi connectivity index (χ0) is 64.0. The molecule has 21 heteroatoms. The van der Waals surface area contributed by atoms with Crippen LogP contribution in [0.3, 0.4) is 0 Å². The lowest BCUT2D eigenvalue weighted by molar-refractivity contribution is -0.359. The molecule has 0 radical (unpaired) electrons. The maximum atomic E-state index is 15.2. The van der Waals surface area contributed by atoms with E-state index in [-0.39, 0.29) is 28.9 Å². The van der Waals surface area contributed by atoms with Gasteiger partial charge in [-0.1, -0.05) is 102 Å². The molecule has 6 rings (SSSR count). The molecule has 87 heavy (non-hydrogen) atoms. The Hall–Kier alpha value is -7.68. The Kier molecular flexibility index (Phi) is 24.6. The number of hydrogen-bond donors (Lipinski definition) is 0. The summed E-state index contributed by atoms with van der Waals surface area (Å²) in [5.41, 5.74) is 17.1. The van der Waals surface area contributed by atoms with Crippen molar-refractivity contribution in [1.29, 1.82) is 0 Å². The highest BCUT2D eigenvalue weighted by molar-refractivity contribution is 5.95. The lowest BCUT2D eigenvalue weighted by atomic mass is 9.94. The number of carbonyl (C=O) groups excluding carboxylic acids is 7. The third-order valence-corrected chi connectivity index (χ3v) is 15.2. The number of rotatable bonds is 25. The molecule has 0 bridgehead atoms. The second-order valence-corrected chi connectivity index (χ2v) is 22.9. The van der Waals surface area contributed by atoms with Crippen molar-refractivity contribution in [2.24, 2.45) is 5.11 Å². The number of azide groups is 1. The monoisotopic (exact) mass is 1210 g/mol. The number of hydrogen-bond acceptors (Lipinski definition) is 19. The Morgan fingerprint density at radius 1 is 0.414 bits per heavy atom. The minimum Gasteiger partial charge on any atom is -0.463 e. The number of nitrogens with zero attached hydrogens (tertiary/aromatic N) is 3. The molecule has 0 spiro atoms.